The van der Waals surface area contributed by atoms with Crippen molar-refractivity contribution >= 4 is 28.6 Å². The summed E-state index contributed by atoms with van der Waals surface area (Å²) in [6.45, 7) is 4.07. The van der Waals surface area contributed by atoms with Crippen LogP contribution in [0.2, 0.25) is 5.02 Å². The third kappa shape index (κ3) is 3.25. The molecule has 0 spiro atoms. The van der Waals surface area contributed by atoms with E-state index in [1.54, 1.807) is 11.3 Å². The zero-order chi connectivity index (χ0) is 14.0. The summed E-state index contributed by atoms with van der Waals surface area (Å²) < 4.78 is 26.8. The molecule has 102 valence electrons. The lowest BCUT2D eigenvalue weighted by Gasteiger charge is -2.23. The van der Waals surface area contributed by atoms with E-state index in [0.29, 0.717) is 0 Å². The second-order valence-electron chi connectivity index (χ2n) is 4.63. The fraction of sp³-hybridized carbons (Fsp3) is 0.286. The molecule has 0 aliphatic carbocycles. The molecule has 0 amide bonds. The highest BCUT2D eigenvalue weighted by Gasteiger charge is 2.20. The second kappa shape index (κ2) is 5.88. The molecular weight excluding hydrogens is 288 g/mol. The summed E-state index contributed by atoms with van der Waals surface area (Å²) in [7, 11) is 0. The zero-order valence-electron chi connectivity index (χ0n) is 10.6. The Labute approximate surface area is 120 Å². The van der Waals surface area contributed by atoms with Gasteiger partial charge in [-0.3, -0.25) is 0 Å². The molecule has 0 bridgehead atoms. The molecule has 2 aromatic rings. The number of hydrogen-bond acceptors (Lipinski definition) is 2. The van der Waals surface area contributed by atoms with Crippen LogP contribution in [0.15, 0.2) is 29.6 Å². The number of nitrogens with one attached hydrogen (secondary N) is 1. The number of anilines is 1. The predicted molar refractivity (Wildman–Crippen MR) is 76.9 cm³/mol. The first-order valence-corrected chi connectivity index (χ1v) is 7.19. The predicted octanol–water partition coefficient (Wildman–Crippen LogP) is 5.49. The number of thiophene rings is 1. The van der Waals surface area contributed by atoms with Crippen LogP contribution in [0.3, 0.4) is 0 Å². The molecule has 1 heterocycles. The topological polar surface area (TPSA) is 12.0 Å². The molecule has 0 fully saturated rings. The van der Waals surface area contributed by atoms with Gasteiger partial charge in [-0.25, -0.2) is 8.78 Å². The van der Waals surface area contributed by atoms with E-state index in [9.17, 15) is 8.78 Å². The van der Waals surface area contributed by atoms with Crippen molar-refractivity contribution < 1.29 is 8.78 Å². The molecule has 1 nitrogen and oxygen atoms in total. The number of halogens is 3. The molecule has 2 rings (SSSR count). The Morgan fingerprint density at radius 1 is 1.26 bits per heavy atom. The lowest BCUT2D eigenvalue weighted by atomic mass is 10.0. The van der Waals surface area contributed by atoms with E-state index < -0.39 is 11.6 Å². The molecule has 1 N–H and O–H groups in total. The molecule has 0 aliphatic rings. The van der Waals surface area contributed by atoms with Crippen molar-refractivity contribution in [3.63, 3.8) is 0 Å². The monoisotopic (exact) mass is 301 g/mol. The molecule has 0 aliphatic heterocycles. The maximum absolute atomic E-state index is 13.8. The van der Waals surface area contributed by atoms with Crippen molar-refractivity contribution in [1.82, 2.24) is 0 Å². The van der Waals surface area contributed by atoms with Gasteiger partial charge in [0.2, 0.25) is 0 Å². The normalized spacial score (nSPS) is 12.7. The van der Waals surface area contributed by atoms with Crippen molar-refractivity contribution in [2.24, 2.45) is 5.92 Å². The zero-order valence-corrected chi connectivity index (χ0v) is 12.2. The highest BCUT2D eigenvalue weighted by molar-refractivity contribution is 7.10. The summed E-state index contributed by atoms with van der Waals surface area (Å²) in [5, 5.41) is 5.10. The van der Waals surface area contributed by atoms with Gasteiger partial charge in [0, 0.05) is 10.9 Å². The van der Waals surface area contributed by atoms with Gasteiger partial charge in [-0.15, -0.1) is 11.3 Å². The molecule has 0 saturated heterocycles. The standard InChI is InChI=1S/C14H14ClF2NS/c1-8(2)13(12-4-3-5-19-12)18-14-10(15)6-9(16)7-11(14)17/h3-8,13,18H,1-2H3. The van der Waals surface area contributed by atoms with Gasteiger partial charge in [0.1, 0.15) is 5.82 Å². The van der Waals surface area contributed by atoms with Gasteiger partial charge in [-0.05, 0) is 23.4 Å². The number of hydrogen-bond donors (Lipinski definition) is 1. The van der Waals surface area contributed by atoms with Crippen LogP contribution in [0.5, 0.6) is 0 Å². The average Bonchev–Trinajstić information content (AvgIpc) is 2.80. The average molecular weight is 302 g/mol. The Morgan fingerprint density at radius 2 is 2.00 bits per heavy atom. The summed E-state index contributed by atoms with van der Waals surface area (Å²) >= 11 is 7.50. The molecule has 5 heteroatoms. The van der Waals surface area contributed by atoms with Crippen LogP contribution in [0.25, 0.3) is 0 Å². The minimum atomic E-state index is -0.676. The highest BCUT2D eigenvalue weighted by Crippen LogP contribution is 2.34. The Morgan fingerprint density at radius 3 is 2.53 bits per heavy atom. The van der Waals surface area contributed by atoms with Crippen LogP contribution >= 0.6 is 22.9 Å². The fourth-order valence-electron chi connectivity index (χ4n) is 1.87. The Kier molecular flexibility index (Phi) is 4.42. The SMILES string of the molecule is CC(C)C(Nc1c(F)cc(F)cc1Cl)c1cccs1. The van der Waals surface area contributed by atoms with Gasteiger partial charge in [0.05, 0.1) is 16.8 Å². The summed E-state index contributed by atoms with van der Waals surface area (Å²) in [4.78, 5) is 1.09. The van der Waals surface area contributed by atoms with Crippen LogP contribution in [0, 0.1) is 17.6 Å². The van der Waals surface area contributed by atoms with Gasteiger partial charge >= 0.3 is 0 Å². The smallest absolute Gasteiger partial charge is 0.150 e. The van der Waals surface area contributed by atoms with Gasteiger partial charge in [-0.2, -0.15) is 0 Å². The Bertz CT molecular complexity index is 532. The third-order valence-corrected chi connectivity index (χ3v) is 4.08. The second-order valence-corrected chi connectivity index (χ2v) is 6.01. The van der Waals surface area contributed by atoms with Gasteiger partial charge in [0.25, 0.3) is 0 Å². The number of rotatable bonds is 4. The first kappa shape index (κ1) is 14.3. The molecule has 1 aromatic carbocycles. The molecule has 0 saturated carbocycles. The molecule has 1 aromatic heterocycles. The van der Waals surface area contributed by atoms with Gasteiger partial charge < -0.3 is 5.32 Å². The molecule has 1 atom stereocenters. The third-order valence-electron chi connectivity index (χ3n) is 2.82. The van der Waals surface area contributed by atoms with E-state index >= 15 is 0 Å². The molecule has 19 heavy (non-hydrogen) atoms. The summed E-state index contributed by atoms with van der Waals surface area (Å²) in [5.41, 5.74) is 0.148. The van der Waals surface area contributed by atoms with Crippen molar-refractivity contribution in [1.29, 1.82) is 0 Å². The van der Waals surface area contributed by atoms with Crippen LogP contribution in [-0.2, 0) is 0 Å². The van der Waals surface area contributed by atoms with Crippen molar-refractivity contribution in [3.8, 4) is 0 Å². The Balaban J connectivity index is 2.33. The van der Waals surface area contributed by atoms with E-state index in [-0.39, 0.29) is 22.7 Å². The first-order valence-electron chi connectivity index (χ1n) is 5.93. The van der Waals surface area contributed by atoms with E-state index in [4.69, 9.17) is 11.6 Å². The molecule has 1 unspecified atom stereocenters. The summed E-state index contributed by atoms with van der Waals surface area (Å²) in [6.07, 6.45) is 0. The maximum Gasteiger partial charge on any atom is 0.150 e. The maximum atomic E-state index is 13.8. The molecule has 0 radical (unpaired) electrons. The van der Waals surface area contributed by atoms with Crippen molar-refractivity contribution in [2.75, 3.05) is 5.32 Å². The largest absolute Gasteiger partial charge is 0.374 e. The van der Waals surface area contributed by atoms with Gasteiger partial charge in [0.15, 0.2) is 5.82 Å². The summed E-state index contributed by atoms with van der Waals surface area (Å²) in [5.74, 6) is -1.10. The quantitative estimate of drug-likeness (QED) is 0.787. The van der Waals surface area contributed by atoms with Crippen LogP contribution in [-0.4, -0.2) is 0 Å². The van der Waals surface area contributed by atoms with Crippen LogP contribution < -0.4 is 5.32 Å². The van der Waals surface area contributed by atoms with Crippen LogP contribution in [0.4, 0.5) is 14.5 Å². The van der Waals surface area contributed by atoms with E-state index in [2.05, 4.69) is 5.32 Å². The summed E-state index contributed by atoms with van der Waals surface area (Å²) in [6, 6.07) is 5.81. The Hall–Kier alpha value is -1.13. The highest BCUT2D eigenvalue weighted by atomic mass is 35.5. The molecular formula is C14H14ClF2NS. The lowest BCUT2D eigenvalue weighted by Crippen LogP contribution is -2.16. The lowest BCUT2D eigenvalue weighted by molar-refractivity contribution is 0.543. The van der Waals surface area contributed by atoms with E-state index in [1.165, 1.54) is 0 Å². The van der Waals surface area contributed by atoms with Crippen molar-refractivity contribution in [2.45, 2.75) is 19.9 Å². The van der Waals surface area contributed by atoms with E-state index in [1.807, 2.05) is 31.4 Å². The fourth-order valence-corrected chi connectivity index (χ4v) is 3.07. The first-order chi connectivity index (χ1) is 8.99. The number of benzene rings is 1. The van der Waals surface area contributed by atoms with Gasteiger partial charge in [-0.1, -0.05) is 31.5 Å². The minimum Gasteiger partial charge on any atom is -0.374 e. The minimum absolute atomic E-state index is 0.0553. The van der Waals surface area contributed by atoms with Crippen molar-refractivity contribution in [3.05, 3.63) is 51.2 Å². The van der Waals surface area contributed by atoms with E-state index in [0.717, 1.165) is 17.0 Å². The van der Waals surface area contributed by atoms with Crippen LogP contribution in [0.1, 0.15) is 24.8 Å².